The van der Waals surface area contributed by atoms with Crippen LogP contribution >= 0.6 is 0 Å². The van der Waals surface area contributed by atoms with E-state index in [0.717, 1.165) is 19.2 Å². The predicted octanol–water partition coefficient (Wildman–Crippen LogP) is 6.19. The first kappa shape index (κ1) is 34.9. The number of amides is 3. The molecule has 0 saturated heterocycles. The fourth-order valence-corrected chi connectivity index (χ4v) is 5.08. The molecule has 0 bridgehead atoms. The van der Waals surface area contributed by atoms with Crippen LogP contribution in [0.4, 0.5) is 28.0 Å². The van der Waals surface area contributed by atoms with E-state index in [2.05, 4.69) is 25.0 Å². The van der Waals surface area contributed by atoms with Crippen LogP contribution in [-0.2, 0) is 25.4 Å². The predicted molar refractivity (Wildman–Crippen MR) is 156 cm³/mol. The topological polar surface area (TPSA) is 149 Å². The molecule has 3 rings (SSSR count). The van der Waals surface area contributed by atoms with Gasteiger partial charge in [0.1, 0.15) is 17.2 Å². The Bertz CT molecular complexity index is 1760. The number of aryl methyl sites for hydroxylation is 1. The van der Waals surface area contributed by atoms with Gasteiger partial charge in [0, 0.05) is 23.0 Å². The number of alkyl carbamates (subject to hydrolysis) is 1. The maximum atomic E-state index is 13.7. The smallest absolute Gasteiger partial charge is 0.418 e. The van der Waals surface area contributed by atoms with E-state index in [4.69, 9.17) is 9.47 Å². The number of alkyl halides is 3. The maximum Gasteiger partial charge on any atom is 0.418 e. The number of aromatic nitrogens is 2. The van der Waals surface area contributed by atoms with Crippen molar-refractivity contribution in [3.05, 3.63) is 70.9 Å². The van der Waals surface area contributed by atoms with Gasteiger partial charge in [-0.15, -0.1) is 0 Å². The van der Waals surface area contributed by atoms with Crippen molar-refractivity contribution in [3.8, 4) is 11.6 Å². The number of nitrogens with one attached hydrogen (secondary N) is 2. The molecule has 16 heteroatoms. The van der Waals surface area contributed by atoms with E-state index in [0.29, 0.717) is 6.20 Å². The molecule has 0 saturated carbocycles. The summed E-state index contributed by atoms with van der Waals surface area (Å²) in [7, 11) is -3.43. The highest BCUT2D eigenvalue weighted by molar-refractivity contribution is 7.93. The molecule has 11 nitrogen and oxygen atoms in total. The summed E-state index contributed by atoms with van der Waals surface area (Å²) in [6.07, 6.45) is -4.05. The van der Waals surface area contributed by atoms with Crippen molar-refractivity contribution in [2.45, 2.75) is 64.3 Å². The summed E-state index contributed by atoms with van der Waals surface area (Å²) in [6, 6.07) is 6.33. The van der Waals surface area contributed by atoms with Crippen molar-refractivity contribution in [2.75, 3.05) is 11.6 Å². The summed E-state index contributed by atoms with van der Waals surface area (Å²) in [4.78, 5) is 45.4. The number of carbonyl (C=O) groups is 3. The van der Waals surface area contributed by atoms with Crippen molar-refractivity contribution in [3.63, 3.8) is 0 Å². The molecule has 3 amide bonds. The lowest BCUT2D eigenvalue weighted by Gasteiger charge is -2.21. The van der Waals surface area contributed by atoms with E-state index in [9.17, 15) is 36.2 Å². The summed E-state index contributed by atoms with van der Waals surface area (Å²) < 4.78 is 82.5. The first-order chi connectivity index (χ1) is 20.7. The molecular formula is C29H31F4N5O6S. The van der Waals surface area contributed by atoms with Gasteiger partial charge < -0.3 is 20.1 Å². The minimum Gasteiger partial charge on any atom is -0.444 e. The van der Waals surface area contributed by atoms with Crippen molar-refractivity contribution < 1.29 is 45.6 Å². The minimum absolute atomic E-state index is 0.00138. The second-order valence-electron chi connectivity index (χ2n) is 10.9. The molecule has 45 heavy (non-hydrogen) atoms. The molecule has 0 unspecified atom stereocenters. The molecule has 2 heterocycles. The van der Waals surface area contributed by atoms with Crippen LogP contribution in [-0.4, -0.2) is 50.0 Å². The highest BCUT2D eigenvalue weighted by Crippen LogP contribution is 2.37. The van der Waals surface area contributed by atoms with Gasteiger partial charge in [-0.25, -0.2) is 19.0 Å². The molecule has 2 atom stereocenters. The van der Waals surface area contributed by atoms with Gasteiger partial charge >= 0.3 is 12.3 Å². The van der Waals surface area contributed by atoms with Crippen LogP contribution in [0.1, 0.15) is 54.9 Å². The normalized spacial score (nSPS) is 13.7. The lowest BCUT2D eigenvalue weighted by Crippen LogP contribution is -2.41. The third-order valence-electron chi connectivity index (χ3n) is 5.94. The van der Waals surface area contributed by atoms with Crippen molar-refractivity contribution >= 4 is 33.3 Å². The molecule has 2 aromatic heterocycles. The zero-order chi connectivity index (χ0) is 33.9. The standard InChI is InChI=1S/C29H31F4N5O6S/c1-15-20(29(31,32)33)14-34-26(43-21-11-12-22(30)35-16(21)2)23(15)25(40)37-18-9-8-10-19(13-18)45(7,42)38-24(39)17(3)36-27(41)44-28(4,5)6/h8-14,17H,1-7H3,(H,36,41)(H,37,40)/t17-,45-/m1/s1. The first-order valence-corrected chi connectivity index (χ1v) is 15.1. The Balaban J connectivity index is 1.94. The van der Waals surface area contributed by atoms with Crippen LogP contribution in [0.3, 0.4) is 0 Å². The molecule has 0 fully saturated rings. The number of hydrogen-bond donors (Lipinski definition) is 2. The Kier molecular flexibility index (Phi) is 10.2. The highest BCUT2D eigenvalue weighted by atomic mass is 32.2. The Labute approximate surface area is 256 Å². The van der Waals surface area contributed by atoms with Gasteiger partial charge in [0.15, 0.2) is 5.75 Å². The van der Waals surface area contributed by atoms with E-state index in [1.165, 1.54) is 44.2 Å². The van der Waals surface area contributed by atoms with Crippen molar-refractivity contribution in [1.29, 1.82) is 0 Å². The third kappa shape index (κ3) is 9.20. The zero-order valence-corrected chi connectivity index (χ0v) is 26.1. The Morgan fingerprint density at radius 3 is 2.33 bits per heavy atom. The van der Waals surface area contributed by atoms with Crippen molar-refractivity contribution in [1.82, 2.24) is 15.3 Å². The second kappa shape index (κ2) is 13.2. The Morgan fingerprint density at radius 2 is 1.73 bits per heavy atom. The molecule has 1 aromatic carbocycles. The second-order valence-corrected chi connectivity index (χ2v) is 13.1. The van der Waals surface area contributed by atoms with Crippen LogP contribution in [0.15, 0.2) is 51.9 Å². The van der Waals surface area contributed by atoms with E-state index < -0.39 is 74.0 Å². The lowest BCUT2D eigenvalue weighted by atomic mass is 10.0. The van der Waals surface area contributed by atoms with Gasteiger partial charge in [0.25, 0.3) is 11.8 Å². The quantitative estimate of drug-likeness (QED) is 0.226. The number of rotatable bonds is 7. The number of benzene rings is 1. The molecule has 0 aliphatic heterocycles. The summed E-state index contributed by atoms with van der Waals surface area (Å²) in [5.41, 5.74) is -3.03. The monoisotopic (exact) mass is 653 g/mol. The summed E-state index contributed by atoms with van der Waals surface area (Å²) in [5.74, 6) is -3.34. The molecule has 3 aromatic rings. The fraction of sp³-hybridized carbons (Fsp3) is 0.345. The average Bonchev–Trinajstić information content (AvgIpc) is 2.88. The van der Waals surface area contributed by atoms with Gasteiger partial charge in [-0.1, -0.05) is 6.07 Å². The van der Waals surface area contributed by atoms with E-state index in [1.54, 1.807) is 20.8 Å². The van der Waals surface area contributed by atoms with E-state index in [1.807, 2.05) is 0 Å². The summed E-state index contributed by atoms with van der Waals surface area (Å²) >= 11 is 0. The van der Waals surface area contributed by atoms with Crippen LogP contribution in [0, 0.1) is 19.8 Å². The van der Waals surface area contributed by atoms with Crippen LogP contribution in [0.25, 0.3) is 0 Å². The van der Waals surface area contributed by atoms with Gasteiger partial charge in [-0.05, 0) is 77.4 Å². The molecule has 2 N–H and O–H groups in total. The average molecular weight is 654 g/mol. The minimum atomic E-state index is -4.85. The Morgan fingerprint density at radius 1 is 1.07 bits per heavy atom. The number of carbonyl (C=O) groups excluding carboxylic acids is 3. The molecule has 0 spiro atoms. The maximum absolute atomic E-state index is 13.7. The van der Waals surface area contributed by atoms with Gasteiger partial charge in [0.2, 0.25) is 11.8 Å². The number of halogens is 4. The van der Waals surface area contributed by atoms with Gasteiger partial charge in [0.05, 0.1) is 21.0 Å². The molecular weight excluding hydrogens is 622 g/mol. The highest BCUT2D eigenvalue weighted by Gasteiger charge is 2.36. The Hall–Kier alpha value is -4.60. The largest absolute Gasteiger partial charge is 0.444 e. The van der Waals surface area contributed by atoms with Crippen LogP contribution < -0.4 is 15.4 Å². The number of pyridine rings is 2. The van der Waals surface area contributed by atoms with Gasteiger partial charge in [-0.3, -0.25) is 9.59 Å². The zero-order valence-electron chi connectivity index (χ0n) is 25.3. The molecule has 0 aliphatic rings. The number of nitrogens with zero attached hydrogens (tertiary/aromatic N) is 3. The van der Waals surface area contributed by atoms with Crippen molar-refractivity contribution in [2.24, 2.45) is 4.36 Å². The number of ether oxygens (including phenoxy) is 2. The summed E-state index contributed by atoms with van der Waals surface area (Å²) in [5, 5.41) is 4.74. The molecule has 242 valence electrons. The molecule has 0 aliphatic carbocycles. The van der Waals surface area contributed by atoms with Crippen LogP contribution in [0.2, 0.25) is 0 Å². The number of anilines is 1. The SMILES string of the molecule is Cc1nc(F)ccc1Oc1ncc(C(F)(F)F)c(C)c1C(=O)Nc1cccc([S@@](C)(=O)=NC(=O)[C@@H](C)NC(=O)OC(C)(C)C)c1. The van der Waals surface area contributed by atoms with E-state index in [-0.39, 0.29) is 22.0 Å². The summed E-state index contributed by atoms with van der Waals surface area (Å²) in [6.45, 7) is 8.70. The third-order valence-corrected chi connectivity index (χ3v) is 7.60. The van der Waals surface area contributed by atoms with E-state index >= 15 is 0 Å². The molecule has 0 radical (unpaired) electrons. The first-order valence-electron chi connectivity index (χ1n) is 13.2. The fourth-order valence-electron chi connectivity index (χ4n) is 3.79. The van der Waals surface area contributed by atoms with Crippen LogP contribution in [0.5, 0.6) is 11.6 Å². The lowest BCUT2D eigenvalue weighted by molar-refractivity contribution is -0.138. The number of hydrogen-bond acceptors (Lipinski definition) is 8. The van der Waals surface area contributed by atoms with Gasteiger partial charge in [-0.2, -0.15) is 21.9 Å².